The molecule has 0 spiro atoms. The standard InChI is InChI=1S/C14H18ClN3/c1-3-14(16-2)12-8-17-18(10-12)9-11-5-4-6-13(15)7-11/h4-8,10,14,16H,3,9H2,1-2H3. The summed E-state index contributed by atoms with van der Waals surface area (Å²) in [6.45, 7) is 2.91. The molecule has 96 valence electrons. The number of nitrogens with zero attached hydrogens (tertiary/aromatic N) is 2. The van der Waals surface area contributed by atoms with Crippen molar-refractivity contribution in [2.24, 2.45) is 0 Å². The molecule has 0 saturated carbocycles. The maximum absolute atomic E-state index is 5.97. The van der Waals surface area contributed by atoms with E-state index in [1.165, 1.54) is 5.56 Å². The Bertz CT molecular complexity index is 503. The molecule has 0 radical (unpaired) electrons. The fourth-order valence-electron chi connectivity index (χ4n) is 2.07. The Hall–Kier alpha value is -1.32. The van der Waals surface area contributed by atoms with Crippen molar-refractivity contribution in [3.8, 4) is 0 Å². The molecule has 0 fully saturated rings. The number of hydrogen-bond donors (Lipinski definition) is 1. The first-order chi connectivity index (χ1) is 8.72. The summed E-state index contributed by atoms with van der Waals surface area (Å²) in [6, 6.07) is 8.25. The van der Waals surface area contributed by atoms with Gasteiger partial charge in [0, 0.05) is 22.8 Å². The number of rotatable bonds is 5. The van der Waals surface area contributed by atoms with Gasteiger partial charge in [-0.1, -0.05) is 30.7 Å². The first-order valence-electron chi connectivity index (χ1n) is 6.17. The number of benzene rings is 1. The number of aromatic nitrogens is 2. The van der Waals surface area contributed by atoms with Crippen LogP contribution in [0, 0.1) is 0 Å². The van der Waals surface area contributed by atoms with Crippen LogP contribution in [0.5, 0.6) is 0 Å². The molecule has 3 nitrogen and oxygen atoms in total. The lowest BCUT2D eigenvalue weighted by molar-refractivity contribution is 0.575. The molecule has 0 aliphatic heterocycles. The van der Waals surface area contributed by atoms with Gasteiger partial charge in [-0.2, -0.15) is 5.10 Å². The minimum atomic E-state index is 0.373. The zero-order valence-corrected chi connectivity index (χ0v) is 11.5. The van der Waals surface area contributed by atoms with E-state index < -0.39 is 0 Å². The van der Waals surface area contributed by atoms with Gasteiger partial charge < -0.3 is 5.32 Å². The van der Waals surface area contributed by atoms with E-state index in [9.17, 15) is 0 Å². The van der Waals surface area contributed by atoms with Gasteiger partial charge in [-0.25, -0.2) is 0 Å². The van der Waals surface area contributed by atoms with Crippen LogP contribution in [-0.2, 0) is 6.54 Å². The summed E-state index contributed by atoms with van der Waals surface area (Å²) in [5, 5.41) is 8.44. The molecule has 2 aromatic rings. The van der Waals surface area contributed by atoms with Crippen LogP contribution in [0.2, 0.25) is 5.02 Å². The summed E-state index contributed by atoms with van der Waals surface area (Å²) >= 11 is 5.97. The van der Waals surface area contributed by atoms with Crippen molar-refractivity contribution in [2.75, 3.05) is 7.05 Å². The van der Waals surface area contributed by atoms with Gasteiger partial charge in [0.05, 0.1) is 12.7 Å². The average Bonchev–Trinajstić information content (AvgIpc) is 2.79. The van der Waals surface area contributed by atoms with E-state index in [4.69, 9.17) is 11.6 Å². The summed E-state index contributed by atoms with van der Waals surface area (Å²) in [5.74, 6) is 0. The molecule has 2 rings (SSSR count). The van der Waals surface area contributed by atoms with Gasteiger partial charge in [0.15, 0.2) is 0 Å². The highest BCUT2D eigenvalue weighted by Gasteiger charge is 2.09. The second-order valence-electron chi connectivity index (χ2n) is 4.35. The molecule has 1 aromatic carbocycles. The highest BCUT2D eigenvalue weighted by Crippen LogP contribution is 2.16. The lowest BCUT2D eigenvalue weighted by Crippen LogP contribution is -2.14. The first-order valence-corrected chi connectivity index (χ1v) is 6.54. The third-order valence-electron chi connectivity index (χ3n) is 3.05. The van der Waals surface area contributed by atoms with Crippen molar-refractivity contribution in [3.05, 3.63) is 52.8 Å². The normalized spacial score (nSPS) is 12.6. The number of halogens is 1. The predicted molar refractivity (Wildman–Crippen MR) is 74.9 cm³/mol. The van der Waals surface area contributed by atoms with Crippen molar-refractivity contribution < 1.29 is 0 Å². The molecule has 1 atom stereocenters. The van der Waals surface area contributed by atoms with E-state index in [-0.39, 0.29) is 0 Å². The Morgan fingerprint density at radius 2 is 2.28 bits per heavy atom. The van der Waals surface area contributed by atoms with E-state index in [1.807, 2.05) is 36.1 Å². The molecular formula is C14H18ClN3. The first kappa shape index (κ1) is 13.1. The molecule has 0 aliphatic rings. The van der Waals surface area contributed by atoms with Crippen LogP contribution in [0.15, 0.2) is 36.7 Å². The van der Waals surface area contributed by atoms with Crippen LogP contribution in [0.3, 0.4) is 0 Å². The zero-order chi connectivity index (χ0) is 13.0. The van der Waals surface area contributed by atoms with Crippen molar-refractivity contribution in [3.63, 3.8) is 0 Å². The maximum atomic E-state index is 5.97. The largest absolute Gasteiger partial charge is 0.313 e. The lowest BCUT2D eigenvalue weighted by Gasteiger charge is -2.10. The Labute approximate surface area is 113 Å². The Morgan fingerprint density at radius 3 is 2.94 bits per heavy atom. The minimum absolute atomic E-state index is 0.373. The molecular weight excluding hydrogens is 246 g/mol. The highest BCUT2D eigenvalue weighted by atomic mass is 35.5. The van der Waals surface area contributed by atoms with E-state index in [1.54, 1.807) is 0 Å². The highest BCUT2D eigenvalue weighted by molar-refractivity contribution is 6.30. The molecule has 0 saturated heterocycles. The fraction of sp³-hybridized carbons (Fsp3) is 0.357. The maximum Gasteiger partial charge on any atom is 0.0660 e. The van der Waals surface area contributed by atoms with Crippen LogP contribution < -0.4 is 5.32 Å². The summed E-state index contributed by atoms with van der Waals surface area (Å²) in [4.78, 5) is 0. The minimum Gasteiger partial charge on any atom is -0.313 e. The molecule has 0 amide bonds. The van der Waals surface area contributed by atoms with Gasteiger partial charge in [0.1, 0.15) is 0 Å². The quantitative estimate of drug-likeness (QED) is 0.897. The van der Waals surface area contributed by atoms with Gasteiger partial charge in [0.2, 0.25) is 0 Å². The van der Waals surface area contributed by atoms with Crippen LogP contribution in [-0.4, -0.2) is 16.8 Å². The fourth-order valence-corrected chi connectivity index (χ4v) is 2.29. The third-order valence-corrected chi connectivity index (χ3v) is 3.28. The predicted octanol–water partition coefficient (Wildman–Crippen LogP) is 3.26. The lowest BCUT2D eigenvalue weighted by atomic mass is 10.1. The van der Waals surface area contributed by atoms with E-state index >= 15 is 0 Å². The van der Waals surface area contributed by atoms with Gasteiger partial charge >= 0.3 is 0 Å². The summed E-state index contributed by atoms with van der Waals surface area (Å²) in [7, 11) is 1.97. The van der Waals surface area contributed by atoms with E-state index in [0.29, 0.717) is 6.04 Å². The summed E-state index contributed by atoms with van der Waals surface area (Å²) < 4.78 is 1.95. The molecule has 18 heavy (non-hydrogen) atoms. The van der Waals surface area contributed by atoms with Crippen molar-refractivity contribution in [1.82, 2.24) is 15.1 Å². The van der Waals surface area contributed by atoms with Crippen LogP contribution >= 0.6 is 11.6 Å². The smallest absolute Gasteiger partial charge is 0.0660 e. The van der Waals surface area contributed by atoms with Gasteiger partial charge in [0.25, 0.3) is 0 Å². The Balaban J connectivity index is 2.11. The number of nitrogens with one attached hydrogen (secondary N) is 1. The molecule has 1 unspecified atom stereocenters. The van der Waals surface area contributed by atoms with Gasteiger partial charge in [-0.3, -0.25) is 4.68 Å². The zero-order valence-electron chi connectivity index (χ0n) is 10.7. The second-order valence-corrected chi connectivity index (χ2v) is 4.79. The second kappa shape index (κ2) is 6.03. The van der Waals surface area contributed by atoms with Crippen molar-refractivity contribution >= 4 is 11.6 Å². The SMILES string of the molecule is CCC(NC)c1cnn(Cc2cccc(Cl)c2)c1. The topological polar surface area (TPSA) is 29.9 Å². The monoisotopic (exact) mass is 263 g/mol. The summed E-state index contributed by atoms with van der Waals surface area (Å²) in [5.41, 5.74) is 2.39. The average molecular weight is 264 g/mol. The van der Waals surface area contributed by atoms with E-state index in [0.717, 1.165) is 23.6 Å². The van der Waals surface area contributed by atoms with Crippen molar-refractivity contribution in [1.29, 1.82) is 0 Å². The molecule has 0 bridgehead atoms. The molecule has 0 aliphatic carbocycles. The van der Waals surface area contributed by atoms with Crippen LogP contribution in [0.4, 0.5) is 0 Å². The van der Waals surface area contributed by atoms with Crippen molar-refractivity contribution in [2.45, 2.75) is 25.9 Å². The van der Waals surface area contributed by atoms with Gasteiger partial charge in [-0.15, -0.1) is 0 Å². The van der Waals surface area contributed by atoms with Gasteiger partial charge in [-0.05, 0) is 31.2 Å². The van der Waals surface area contributed by atoms with Crippen LogP contribution in [0.25, 0.3) is 0 Å². The van der Waals surface area contributed by atoms with E-state index in [2.05, 4.69) is 29.6 Å². The molecule has 1 N–H and O–H groups in total. The number of hydrogen-bond acceptors (Lipinski definition) is 2. The Kier molecular flexibility index (Phi) is 4.39. The molecule has 1 heterocycles. The summed E-state index contributed by atoms with van der Waals surface area (Å²) in [6.07, 6.45) is 5.07. The third kappa shape index (κ3) is 3.12. The Morgan fingerprint density at radius 1 is 1.44 bits per heavy atom. The molecule has 1 aromatic heterocycles. The molecule has 4 heteroatoms. The van der Waals surface area contributed by atoms with Crippen LogP contribution in [0.1, 0.15) is 30.5 Å².